The molecule has 1 aliphatic carbocycles. The molecule has 3 amide bonds. The summed E-state index contributed by atoms with van der Waals surface area (Å²) in [5, 5.41) is 10.7. The number of oxime groups is 1. The van der Waals surface area contributed by atoms with Crippen molar-refractivity contribution in [3.05, 3.63) is 125 Å². The van der Waals surface area contributed by atoms with Gasteiger partial charge in [0.05, 0.1) is 6.20 Å². The normalized spacial score (nSPS) is 19.4. The van der Waals surface area contributed by atoms with E-state index in [1.807, 2.05) is 108 Å². The lowest BCUT2D eigenvalue weighted by molar-refractivity contribution is -0.752. The smallest absolute Gasteiger partial charge is 0.356 e. The zero-order chi connectivity index (χ0) is 35.3. The van der Waals surface area contributed by atoms with Gasteiger partial charge in [0.25, 0.3) is 11.8 Å². The van der Waals surface area contributed by atoms with Crippen molar-refractivity contribution in [1.82, 2.24) is 19.9 Å². The van der Waals surface area contributed by atoms with Crippen LogP contribution in [0.1, 0.15) is 35.8 Å². The minimum atomic E-state index is -0.962. The van der Waals surface area contributed by atoms with Gasteiger partial charge in [-0.1, -0.05) is 71.9 Å². The van der Waals surface area contributed by atoms with E-state index in [4.69, 9.17) is 9.57 Å². The number of thiazole rings is 1. The van der Waals surface area contributed by atoms with Crippen LogP contribution >= 0.6 is 23.1 Å². The Bertz CT molecular complexity index is 1990. The Morgan fingerprint density at radius 1 is 1.12 bits per heavy atom. The average molecular weight is 852 g/mol. The Morgan fingerprint density at radius 2 is 1.85 bits per heavy atom. The number of benzene rings is 2. The number of halogens is 1. The number of fused-ring (bicyclic) bond motifs is 1. The van der Waals surface area contributed by atoms with E-state index in [0.29, 0.717) is 30.7 Å². The Balaban J connectivity index is 0.00000464. The second kappa shape index (κ2) is 16.7. The Hall–Kier alpha value is -4.81. The molecule has 1 saturated heterocycles. The van der Waals surface area contributed by atoms with Gasteiger partial charge in [-0.25, -0.2) is 9.78 Å². The number of aromatic nitrogens is 3. The maximum Gasteiger partial charge on any atom is 0.356 e. The molecule has 268 valence electrons. The van der Waals surface area contributed by atoms with Gasteiger partial charge in [-0.3, -0.25) is 19.3 Å². The first-order chi connectivity index (χ1) is 24.9. The van der Waals surface area contributed by atoms with Gasteiger partial charge < -0.3 is 44.2 Å². The van der Waals surface area contributed by atoms with Gasteiger partial charge in [0, 0.05) is 17.2 Å². The van der Waals surface area contributed by atoms with E-state index in [9.17, 15) is 19.2 Å². The summed E-state index contributed by atoms with van der Waals surface area (Å²) in [5.74, 6) is -1.36. The van der Waals surface area contributed by atoms with Gasteiger partial charge in [0.1, 0.15) is 35.5 Å². The van der Waals surface area contributed by atoms with Gasteiger partial charge in [0.2, 0.25) is 6.41 Å². The van der Waals surface area contributed by atoms with Crippen LogP contribution < -0.4 is 39.3 Å². The molecule has 2 aliphatic heterocycles. The number of rotatable bonds is 13. The summed E-state index contributed by atoms with van der Waals surface area (Å²) in [6, 6.07) is 19.8. The van der Waals surface area contributed by atoms with Gasteiger partial charge in [0.15, 0.2) is 30.2 Å². The highest BCUT2D eigenvalue weighted by Gasteiger charge is 2.55. The van der Waals surface area contributed by atoms with E-state index in [1.54, 1.807) is 5.38 Å². The Morgan fingerprint density at radius 3 is 2.48 bits per heavy atom. The standard InChI is InChI=1S/C36H33N7O6S2.HI/c1-41-17-10-18-42(41)19-25-20-50-34-29(39-32(45)28(40-49-26-15-8-9-16-26)27-21-51-36(38-27)37-22-44)33(46)43(34)30(25)35(47)48-31(23-11-4-2-5-12-23)24-13-6-3-7-14-24;/h2-8,10-15,17-18,21-22,26,29,31,34H,9,16,19-20H2,1H3,(H-,37,38,39,44,45);1H/t26?,29-,34-;/m1./s1. The van der Waals surface area contributed by atoms with Crippen LogP contribution in [0, 0.1) is 0 Å². The number of esters is 1. The van der Waals surface area contributed by atoms with Gasteiger partial charge in [-0.05, 0) is 35.6 Å². The van der Waals surface area contributed by atoms with E-state index in [2.05, 4.69) is 20.8 Å². The molecule has 2 N–H and O–H groups in total. The Kier molecular flexibility index (Phi) is 11.9. The minimum Gasteiger partial charge on any atom is -1.00 e. The third-order valence-electron chi connectivity index (χ3n) is 8.67. The molecular weight excluding hydrogens is 817 g/mol. The second-order valence-corrected chi connectivity index (χ2v) is 13.9. The Labute approximate surface area is 324 Å². The summed E-state index contributed by atoms with van der Waals surface area (Å²) >= 11 is 2.57. The number of aryl methyl sites for hydroxylation is 1. The number of nitrogens with one attached hydrogen (secondary N) is 2. The predicted octanol–water partition coefficient (Wildman–Crippen LogP) is 0.468. The van der Waals surface area contributed by atoms with Crippen LogP contribution in [0.5, 0.6) is 0 Å². The van der Waals surface area contributed by atoms with E-state index in [-0.39, 0.29) is 52.3 Å². The number of carbonyl (C=O) groups excluding carboxylic acids is 4. The monoisotopic (exact) mass is 851 g/mol. The van der Waals surface area contributed by atoms with Crippen LogP contribution in [-0.4, -0.2) is 67.7 Å². The minimum absolute atomic E-state index is 0. The summed E-state index contributed by atoms with van der Waals surface area (Å²) in [5.41, 5.74) is 2.49. The zero-order valence-corrected chi connectivity index (χ0v) is 31.6. The van der Waals surface area contributed by atoms with Gasteiger partial charge in [-0.2, -0.15) is 4.68 Å². The highest BCUT2D eigenvalue weighted by atomic mass is 127. The number of anilines is 1. The number of ether oxygens (including phenoxy) is 1. The van der Waals surface area contributed by atoms with Crippen molar-refractivity contribution in [1.29, 1.82) is 0 Å². The molecule has 1 fully saturated rings. The summed E-state index contributed by atoms with van der Waals surface area (Å²) in [7, 11) is 1.89. The number of allylic oxidation sites excluding steroid dienone is 1. The van der Waals surface area contributed by atoms with Crippen LogP contribution in [0.2, 0.25) is 0 Å². The molecule has 0 bridgehead atoms. The molecule has 2 aromatic heterocycles. The van der Waals surface area contributed by atoms with Crippen molar-refractivity contribution < 1.29 is 57.4 Å². The molecule has 52 heavy (non-hydrogen) atoms. The largest absolute Gasteiger partial charge is 1.00 e. The fourth-order valence-corrected chi connectivity index (χ4v) is 8.07. The molecule has 3 atom stereocenters. The number of hydrogen-bond donors (Lipinski definition) is 2. The molecule has 7 rings (SSSR count). The van der Waals surface area contributed by atoms with Gasteiger partial charge >= 0.3 is 5.97 Å². The van der Waals surface area contributed by atoms with Crippen molar-refractivity contribution in [3.63, 3.8) is 0 Å². The number of β-lactam (4-membered cyclic amide) rings is 1. The van der Waals surface area contributed by atoms with E-state index in [1.165, 1.54) is 16.7 Å². The lowest BCUT2D eigenvalue weighted by atomic mass is 10.0. The van der Waals surface area contributed by atoms with Crippen molar-refractivity contribution in [2.75, 3.05) is 11.1 Å². The summed E-state index contributed by atoms with van der Waals surface area (Å²) in [6.07, 6.45) is 8.63. The number of hydrogen-bond acceptors (Lipinski definition) is 10. The maximum absolute atomic E-state index is 14.3. The number of thioether (sulfide) groups is 1. The third-order valence-corrected chi connectivity index (χ3v) is 10.8. The predicted molar refractivity (Wildman–Crippen MR) is 190 cm³/mol. The van der Waals surface area contributed by atoms with Crippen molar-refractivity contribution >= 4 is 58.1 Å². The van der Waals surface area contributed by atoms with Crippen LogP contribution in [0.4, 0.5) is 5.13 Å². The lowest BCUT2D eigenvalue weighted by Crippen LogP contribution is -3.00. The van der Waals surface area contributed by atoms with Gasteiger partial charge in [-0.15, -0.1) is 27.8 Å². The average Bonchev–Trinajstić information content (AvgIpc) is 3.94. The molecule has 0 spiro atoms. The van der Waals surface area contributed by atoms with E-state index >= 15 is 0 Å². The molecule has 0 saturated carbocycles. The van der Waals surface area contributed by atoms with Crippen LogP contribution in [0.25, 0.3) is 0 Å². The molecule has 4 heterocycles. The van der Waals surface area contributed by atoms with Crippen LogP contribution in [0.15, 0.2) is 113 Å². The lowest BCUT2D eigenvalue weighted by Gasteiger charge is -2.49. The molecule has 16 heteroatoms. The van der Waals surface area contributed by atoms with Crippen molar-refractivity contribution in [3.8, 4) is 0 Å². The fourth-order valence-electron chi connectivity index (χ4n) is 6.08. The SMILES string of the molecule is C[n+]1cccn1CC1=C(C(=O)OC(c2ccccc2)c2ccccc2)N2C(=O)[C@@H](NC(=O)C(=NOC3C=CCC3)c3csc(NC=O)n3)[C@H]2SC1.[I-]. The highest BCUT2D eigenvalue weighted by Crippen LogP contribution is 2.42. The number of nitrogens with zero attached hydrogens (tertiary/aromatic N) is 5. The summed E-state index contributed by atoms with van der Waals surface area (Å²) in [4.78, 5) is 64.5. The fraction of sp³-hybridized carbons (Fsp3) is 0.250. The van der Waals surface area contributed by atoms with Crippen LogP contribution in [-0.2, 0) is 42.3 Å². The molecule has 3 aliphatic rings. The topological polar surface area (TPSA) is 148 Å². The van der Waals surface area contributed by atoms with Crippen LogP contribution in [0.3, 0.4) is 0 Å². The first-order valence-corrected chi connectivity index (χ1v) is 18.2. The quantitative estimate of drug-likeness (QED) is 0.0289. The summed E-state index contributed by atoms with van der Waals surface area (Å²) in [6.45, 7) is 0.348. The zero-order valence-electron chi connectivity index (χ0n) is 27.8. The summed E-state index contributed by atoms with van der Waals surface area (Å²) < 4.78 is 10.1. The maximum atomic E-state index is 14.3. The molecule has 1 unspecified atom stereocenters. The first-order valence-electron chi connectivity index (χ1n) is 16.3. The molecule has 2 aromatic carbocycles. The van der Waals surface area contributed by atoms with E-state index in [0.717, 1.165) is 28.9 Å². The first kappa shape index (κ1) is 37.0. The number of amides is 3. The third kappa shape index (κ3) is 7.83. The second-order valence-electron chi connectivity index (χ2n) is 12.0. The van der Waals surface area contributed by atoms with Crippen molar-refractivity contribution in [2.45, 2.75) is 43.0 Å². The van der Waals surface area contributed by atoms with E-state index < -0.39 is 35.3 Å². The number of carbonyl (C=O) groups is 4. The molecule has 13 nitrogen and oxygen atoms in total. The molecule has 0 radical (unpaired) electrons. The highest BCUT2D eigenvalue weighted by molar-refractivity contribution is 8.00. The van der Waals surface area contributed by atoms with Crippen molar-refractivity contribution in [2.24, 2.45) is 12.2 Å². The molecular formula is C36H34IN7O6S2. The molecule has 4 aromatic rings.